The number of pyridine rings is 2. The third-order valence-corrected chi connectivity index (χ3v) is 8.23. The number of amides is 2. The maximum Gasteiger partial charge on any atom is 0.414 e. The summed E-state index contributed by atoms with van der Waals surface area (Å²) in [6.45, 7) is 1.45. The fraction of sp³-hybridized carbons (Fsp3) is 0.385. The monoisotopic (exact) mass is 536 g/mol. The molecule has 3 aromatic rings. The Morgan fingerprint density at radius 3 is 2.97 bits per heavy atom. The molecule has 6 rings (SSSR count). The standard InChI is InChI=1S/C26H28N6O5S/c1-36-24-5-3-19-25(30-24)21(6-7-27-19)31-11-15(8-17(31)12-33)28-10-18-13-37-26(35)32(18)16-2-4-22-20(9-16)29-23(34)14-38-22/h2-7,9,15,17-18,28,33H,8,10-14H2,1H3,(H,29,34)/t15-,17+,18+/m1/s1. The van der Waals surface area contributed by atoms with Crippen LogP contribution < -0.4 is 25.2 Å². The molecule has 1 aromatic carbocycles. The molecule has 3 aliphatic rings. The average Bonchev–Trinajstić information content (AvgIpc) is 3.53. The number of rotatable bonds is 7. The van der Waals surface area contributed by atoms with Gasteiger partial charge in [-0.3, -0.25) is 14.7 Å². The van der Waals surface area contributed by atoms with Crippen molar-refractivity contribution in [3.05, 3.63) is 42.6 Å². The number of carbonyl (C=O) groups is 2. The van der Waals surface area contributed by atoms with Crippen LogP contribution in [0.5, 0.6) is 5.88 Å². The first kappa shape index (κ1) is 24.7. The summed E-state index contributed by atoms with van der Waals surface area (Å²) < 4.78 is 10.7. The Morgan fingerprint density at radius 2 is 2.13 bits per heavy atom. The molecular weight excluding hydrogens is 508 g/mol. The van der Waals surface area contributed by atoms with Gasteiger partial charge in [0.15, 0.2) is 0 Å². The van der Waals surface area contributed by atoms with Gasteiger partial charge in [0, 0.05) is 42.0 Å². The number of aliphatic hydroxyl groups is 1. The van der Waals surface area contributed by atoms with Gasteiger partial charge in [-0.15, -0.1) is 11.8 Å². The highest BCUT2D eigenvalue weighted by molar-refractivity contribution is 8.00. The van der Waals surface area contributed by atoms with Gasteiger partial charge in [0.05, 0.1) is 48.4 Å². The molecule has 3 atom stereocenters. The third-order valence-electron chi connectivity index (χ3n) is 7.16. The molecule has 2 fully saturated rings. The zero-order valence-corrected chi connectivity index (χ0v) is 21.6. The van der Waals surface area contributed by atoms with Gasteiger partial charge in [0.25, 0.3) is 0 Å². The third kappa shape index (κ3) is 4.59. The smallest absolute Gasteiger partial charge is 0.414 e. The molecule has 0 radical (unpaired) electrons. The number of benzene rings is 1. The summed E-state index contributed by atoms with van der Waals surface area (Å²) in [6, 6.07) is 11.0. The van der Waals surface area contributed by atoms with Crippen LogP contribution in [0.2, 0.25) is 0 Å². The van der Waals surface area contributed by atoms with Gasteiger partial charge in [0.1, 0.15) is 12.1 Å². The van der Waals surface area contributed by atoms with E-state index in [1.165, 1.54) is 11.8 Å². The van der Waals surface area contributed by atoms with Crippen molar-refractivity contribution in [1.82, 2.24) is 15.3 Å². The minimum absolute atomic E-state index is 0.00196. The van der Waals surface area contributed by atoms with Crippen molar-refractivity contribution in [2.24, 2.45) is 0 Å². The molecule has 2 aromatic heterocycles. The number of nitrogens with one attached hydrogen (secondary N) is 2. The number of hydrogen-bond donors (Lipinski definition) is 3. The predicted molar refractivity (Wildman–Crippen MR) is 144 cm³/mol. The van der Waals surface area contributed by atoms with Gasteiger partial charge in [-0.1, -0.05) is 0 Å². The molecule has 3 aliphatic heterocycles. The fourth-order valence-corrected chi connectivity index (χ4v) is 6.11. The van der Waals surface area contributed by atoms with Crippen LogP contribution in [-0.2, 0) is 9.53 Å². The van der Waals surface area contributed by atoms with Crippen LogP contribution >= 0.6 is 11.8 Å². The quantitative estimate of drug-likeness (QED) is 0.413. The zero-order chi connectivity index (χ0) is 26.2. The molecule has 0 saturated carbocycles. The highest BCUT2D eigenvalue weighted by atomic mass is 32.2. The highest BCUT2D eigenvalue weighted by Crippen LogP contribution is 2.36. The largest absolute Gasteiger partial charge is 0.481 e. The maximum atomic E-state index is 12.6. The zero-order valence-electron chi connectivity index (χ0n) is 20.8. The van der Waals surface area contributed by atoms with Crippen LogP contribution in [0.3, 0.4) is 0 Å². The fourth-order valence-electron chi connectivity index (χ4n) is 5.32. The van der Waals surface area contributed by atoms with E-state index in [2.05, 4.69) is 25.5 Å². The number of hydrogen-bond acceptors (Lipinski definition) is 10. The van der Waals surface area contributed by atoms with E-state index in [0.29, 0.717) is 36.1 Å². The lowest BCUT2D eigenvalue weighted by Crippen LogP contribution is -2.45. The summed E-state index contributed by atoms with van der Waals surface area (Å²) in [5, 5.41) is 16.6. The summed E-state index contributed by atoms with van der Waals surface area (Å²) in [5.74, 6) is 0.839. The van der Waals surface area contributed by atoms with E-state index in [0.717, 1.165) is 28.0 Å². The number of nitrogens with zero attached hydrogens (tertiary/aromatic N) is 4. The first-order valence-corrected chi connectivity index (χ1v) is 13.5. The van der Waals surface area contributed by atoms with Crippen LogP contribution in [-0.4, -0.2) is 84.4 Å². The second kappa shape index (κ2) is 10.3. The van der Waals surface area contributed by atoms with Gasteiger partial charge >= 0.3 is 6.09 Å². The van der Waals surface area contributed by atoms with Gasteiger partial charge in [-0.25, -0.2) is 9.78 Å². The van der Waals surface area contributed by atoms with E-state index >= 15 is 0 Å². The second-order valence-electron chi connectivity index (χ2n) is 9.50. The van der Waals surface area contributed by atoms with Crippen molar-refractivity contribution < 1.29 is 24.2 Å². The van der Waals surface area contributed by atoms with Crippen LogP contribution in [0.4, 0.5) is 21.9 Å². The van der Waals surface area contributed by atoms with Crippen molar-refractivity contribution >= 4 is 51.9 Å². The first-order valence-electron chi connectivity index (χ1n) is 12.5. The molecule has 0 unspecified atom stereocenters. The van der Waals surface area contributed by atoms with Crippen LogP contribution in [0.15, 0.2) is 47.5 Å². The van der Waals surface area contributed by atoms with Gasteiger partial charge in [0.2, 0.25) is 11.8 Å². The Labute approximate surface area is 223 Å². The number of aromatic nitrogens is 2. The number of carbonyl (C=O) groups excluding carboxylic acids is 2. The minimum Gasteiger partial charge on any atom is -0.481 e. The van der Waals surface area contributed by atoms with E-state index in [9.17, 15) is 14.7 Å². The number of anilines is 3. The molecule has 3 N–H and O–H groups in total. The van der Waals surface area contributed by atoms with Gasteiger partial charge in [-0.05, 0) is 36.8 Å². The second-order valence-corrected chi connectivity index (χ2v) is 10.5. The van der Waals surface area contributed by atoms with E-state index in [4.69, 9.17) is 9.47 Å². The number of cyclic esters (lactones) is 1. The van der Waals surface area contributed by atoms with Crippen LogP contribution in [0.1, 0.15) is 6.42 Å². The lowest BCUT2D eigenvalue weighted by Gasteiger charge is -2.26. The van der Waals surface area contributed by atoms with Crippen LogP contribution in [0.25, 0.3) is 11.0 Å². The lowest BCUT2D eigenvalue weighted by atomic mass is 10.1. The summed E-state index contributed by atoms with van der Waals surface area (Å²) >= 11 is 1.48. The Morgan fingerprint density at radius 1 is 1.24 bits per heavy atom. The van der Waals surface area contributed by atoms with Gasteiger partial charge < -0.3 is 30.1 Å². The number of fused-ring (bicyclic) bond motifs is 2. The van der Waals surface area contributed by atoms with Crippen molar-refractivity contribution in [3.8, 4) is 5.88 Å². The summed E-state index contributed by atoms with van der Waals surface area (Å²) in [7, 11) is 1.58. The topological polar surface area (TPSA) is 129 Å². The van der Waals surface area contributed by atoms with Crippen LogP contribution in [0, 0.1) is 0 Å². The molecule has 198 valence electrons. The Hall–Kier alpha value is -3.61. The minimum atomic E-state index is -0.406. The normalized spacial score (nSPS) is 22.9. The SMILES string of the molecule is COc1ccc2nccc(N3C[C@H](NC[C@H]4COC(=O)N4c4ccc5c(c4)NC(=O)CS5)C[C@H]3CO)c2n1. The average molecular weight is 537 g/mol. The molecule has 0 spiro atoms. The van der Waals surface area contributed by atoms with E-state index in [1.807, 2.05) is 30.3 Å². The molecule has 5 heterocycles. The Balaban J connectivity index is 1.17. The van der Waals surface area contributed by atoms with E-state index in [-0.39, 0.29) is 37.2 Å². The van der Waals surface area contributed by atoms with Crippen molar-refractivity contribution in [1.29, 1.82) is 0 Å². The predicted octanol–water partition coefficient (Wildman–Crippen LogP) is 2.24. The molecule has 12 heteroatoms. The van der Waals surface area contributed by atoms with E-state index in [1.54, 1.807) is 24.3 Å². The number of methoxy groups -OCH3 is 1. The Kier molecular flexibility index (Phi) is 6.68. The summed E-state index contributed by atoms with van der Waals surface area (Å²) in [4.78, 5) is 38.3. The molecule has 0 bridgehead atoms. The first-order chi connectivity index (χ1) is 18.5. The molecule has 2 amide bonds. The summed E-state index contributed by atoms with van der Waals surface area (Å²) in [6.07, 6.45) is 2.07. The molecule has 38 heavy (non-hydrogen) atoms. The number of aliphatic hydroxyl groups excluding tert-OH is 1. The van der Waals surface area contributed by atoms with Crippen molar-refractivity contribution in [2.75, 3.05) is 54.3 Å². The molecule has 2 saturated heterocycles. The molecule has 0 aliphatic carbocycles. The van der Waals surface area contributed by atoms with Gasteiger partial charge in [-0.2, -0.15) is 0 Å². The number of thioether (sulfide) groups is 1. The molecule has 11 nitrogen and oxygen atoms in total. The molecular formula is C26H28N6O5S. The highest BCUT2D eigenvalue weighted by Gasteiger charge is 2.37. The summed E-state index contributed by atoms with van der Waals surface area (Å²) in [5.41, 5.74) is 3.78. The van der Waals surface area contributed by atoms with Crippen molar-refractivity contribution in [3.63, 3.8) is 0 Å². The lowest BCUT2D eigenvalue weighted by molar-refractivity contribution is -0.113. The number of ether oxygens (including phenoxy) is 2. The Bertz CT molecular complexity index is 1390. The maximum absolute atomic E-state index is 12.6. The van der Waals surface area contributed by atoms with E-state index < -0.39 is 6.09 Å². The van der Waals surface area contributed by atoms with Crippen molar-refractivity contribution in [2.45, 2.75) is 29.4 Å².